The first-order valence-electron chi connectivity index (χ1n) is 6.69. The molecule has 0 saturated heterocycles. The van der Waals surface area contributed by atoms with E-state index in [0.29, 0.717) is 11.7 Å². The molecular formula is C16H24O2. The first-order valence-corrected chi connectivity index (χ1v) is 6.69. The summed E-state index contributed by atoms with van der Waals surface area (Å²) in [6, 6.07) is 7.75. The number of carbonyl (C=O) groups is 1. The van der Waals surface area contributed by atoms with Crippen molar-refractivity contribution in [2.24, 2.45) is 11.8 Å². The number of hydrogen-bond acceptors (Lipinski definition) is 2. The van der Waals surface area contributed by atoms with E-state index in [2.05, 4.69) is 13.8 Å². The van der Waals surface area contributed by atoms with Crippen LogP contribution in [0, 0.1) is 11.8 Å². The van der Waals surface area contributed by atoms with Gasteiger partial charge in [-0.1, -0.05) is 52.0 Å². The highest BCUT2D eigenvalue weighted by Gasteiger charge is 2.24. The minimum Gasteiger partial charge on any atom is -0.392 e. The molecule has 0 heterocycles. The molecule has 1 rings (SSSR count). The Morgan fingerprint density at radius 2 is 1.89 bits per heavy atom. The summed E-state index contributed by atoms with van der Waals surface area (Å²) in [6.45, 7) is 8.20. The van der Waals surface area contributed by atoms with Crippen molar-refractivity contribution in [3.63, 3.8) is 0 Å². The summed E-state index contributed by atoms with van der Waals surface area (Å²) in [5.74, 6) is 0.775. The molecule has 1 N–H and O–H groups in total. The van der Waals surface area contributed by atoms with Gasteiger partial charge >= 0.3 is 0 Å². The molecule has 1 atom stereocenters. The zero-order valence-corrected chi connectivity index (χ0v) is 11.8. The van der Waals surface area contributed by atoms with Crippen LogP contribution >= 0.6 is 0 Å². The van der Waals surface area contributed by atoms with Crippen LogP contribution in [-0.4, -0.2) is 10.9 Å². The van der Waals surface area contributed by atoms with Crippen molar-refractivity contribution in [3.8, 4) is 0 Å². The van der Waals surface area contributed by atoms with Crippen LogP contribution in [0.4, 0.5) is 0 Å². The Balaban J connectivity index is 3.04. The van der Waals surface area contributed by atoms with Gasteiger partial charge in [-0.2, -0.15) is 0 Å². The van der Waals surface area contributed by atoms with Gasteiger partial charge in [-0.25, -0.2) is 0 Å². The topological polar surface area (TPSA) is 37.3 Å². The molecule has 1 aromatic rings. The van der Waals surface area contributed by atoms with Gasteiger partial charge in [-0.3, -0.25) is 4.79 Å². The summed E-state index contributed by atoms with van der Waals surface area (Å²) in [6.07, 6.45) is 0.867. The van der Waals surface area contributed by atoms with Gasteiger partial charge in [0.1, 0.15) is 5.78 Å². The summed E-state index contributed by atoms with van der Waals surface area (Å²) in [5.41, 5.74) is 1.91. The summed E-state index contributed by atoms with van der Waals surface area (Å²) >= 11 is 0. The molecule has 0 amide bonds. The first kappa shape index (κ1) is 14.9. The fourth-order valence-electron chi connectivity index (χ4n) is 2.20. The minimum atomic E-state index is -0.0449. The van der Waals surface area contributed by atoms with Crippen molar-refractivity contribution in [1.82, 2.24) is 0 Å². The maximum atomic E-state index is 12.3. The summed E-state index contributed by atoms with van der Waals surface area (Å²) < 4.78 is 0. The SMILES string of the molecule is CC(C)C[C@H](C(=O)C(C)C)c1cccc(CO)c1. The van der Waals surface area contributed by atoms with Crippen LogP contribution < -0.4 is 0 Å². The molecule has 0 aliphatic rings. The Morgan fingerprint density at radius 1 is 1.22 bits per heavy atom. The lowest BCUT2D eigenvalue weighted by molar-refractivity contribution is -0.123. The van der Waals surface area contributed by atoms with Crippen LogP contribution in [0.2, 0.25) is 0 Å². The molecule has 0 saturated carbocycles. The van der Waals surface area contributed by atoms with Crippen LogP contribution in [-0.2, 0) is 11.4 Å². The van der Waals surface area contributed by atoms with E-state index in [1.165, 1.54) is 0 Å². The normalized spacial score (nSPS) is 13.1. The fourth-order valence-corrected chi connectivity index (χ4v) is 2.20. The van der Waals surface area contributed by atoms with Gasteiger partial charge in [-0.15, -0.1) is 0 Å². The average Bonchev–Trinajstić information content (AvgIpc) is 2.34. The molecule has 0 aliphatic carbocycles. The van der Waals surface area contributed by atoms with Crippen molar-refractivity contribution in [1.29, 1.82) is 0 Å². The van der Waals surface area contributed by atoms with Crippen molar-refractivity contribution >= 4 is 5.78 Å². The standard InChI is InChI=1S/C16H24O2/c1-11(2)8-15(16(18)12(3)4)14-7-5-6-13(9-14)10-17/h5-7,9,11-12,15,17H,8,10H2,1-4H3/t15-/m0/s1. The summed E-state index contributed by atoms with van der Waals surface area (Å²) in [5, 5.41) is 9.19. The zero-order valence-electron chi connectivity index (χ0n) is 11.8. The number of rotatable bonds is 6. The summed E-state index contributed by atoms with van der Waals surface area (Å²) in [7, 11) is 0. The molecule has 1 aromatic carbocycles. The Kier molecular flexibility index (Phi) is 5.54. The second-order valence-corrected chi connectivity index (χ2v) is 5.64. The predicted octanol–water partition coefficient (Wildman–Crippen LogP) is 3.53. The lowest BCUT2D eigenvalue weighted by Gasteiger charge is -2.21. The van der Waals surface area contributed by atoms with Gasteiger partial charge in [0.25, 0.3) is 0 Å². The number of aliphatic hydroxyl groups is 1. The monoisotopic (exact) mass is 248 g/mol. The third-order valence-electron chi connectivity index (χ3n) is 3.16. The molecule has 18 heavy (non-hydrogen) atoms. The smallest absolute Gasteiger partial charge is 0.142 e. The Morgan fingerprint density at radius 3 is 2.39 bits per heavy atom. The molecule has 0 bridgehead atoms. The van der Waals surface area contributed by atoms with Crippen LogP contribution in [0.3, 0.4) is 0 Å². The van der Waals surface area contributed by atoms with Gasteiger partial charge in [0, 0.05) is 11.8 Å². The number of carbonyl (C=O) groups excluding carboxylic acids is 1. The molecule has 0 spiro atoms. The van der Waals surface area contributed by atoms with Crippen LogP contribution in [0.5, 0.6) is 0 Å². The second kappa shape index (κ2) is 6.69. The average molecular weight is 248 g/mol. The van der Waals surface area contributed by atoms with Gasteiger partial charge in [-0.05, 0) is 23.5 Å². The predicted molar refractivity (Wildman–Crippen MR) is 74.4 cm³/mol. The van der Waals surface area contributed by atoms with Crippen molar-refractivity contribution in [3.05, 3.63) is 35.4 Å². The zero-order chi connectivity index (χ0) is 13.7. The largest absolute Gasteiger partial charge is 0.392 e. The third kappa shape index (κ3) is 3.95. The van der Waals surface area contributed by atoms with Gasteiger partial charge < -0.3 is 5.11 Å². The molecule has 0 radical (unpaired) electrons. The maximum absolute atomic E-state index is 12.3. The van der Waals surface area contributed by atoms with E-state index in [-0.39, 0.29) is 18.4 Å². The van der Waals surface area contributed by atoms with Crippen molar-refractivity contribution in [2.75, 3.05) is 0 Å². The number of Topliss-reactive ketones (excluding diaryl/α,β-unsaturated/α-hetero) is 1. The van der Waals surface area contributed by atoms with E-state index in [9.17, 15) is 9.90 Å². The van der Waals surface area contributed by atoms with Crippen molar-refractivity contribution in [2.45, 2.75) is 46.6 Å². The lowest BCUT2D eigenvalue weighted by atomic mass is 9.82. The molecule has 100 valence electrons. The highest BCUT2D eigenvalue weighted by Crippen LogP contribution is 2.28. The molecule has 0 aromatic heterocycles. The quantitative estimate of drug-likeness (QED) is 0.836. The highest BCUT2D eigenvalue weighted by atomic mass is 16.3. The van der Waals surface area contributed by atoms with E-state index in [1.807, 2.05) is 38.1 Å². The Hall–Kier alpha value is -1.15. The molecular weight excluding hydrogens is 224 g/mol. The number of ketones is 1. The minimum absolute atomic E-state index is 0.0259. The third-order valence-corrected chi connectivity index (χ3v) is 3.16. The lowest BCUT2D eigenvalue weighted by Crippen LogP contribution is -2.20. The van der Waals surface area contributed by atoms with Crippen LogP contribution in [0.15, 0.2) is 24.3 Å². The van der Waals surface area contributed by atoms with Crippen LogP contribution in [0.1, 0.15) is 51.2 Å². The molecule has 0 fully saturated rings. The van der Waals surface area contributed by atoms with E-state index in [4.69, 9.17) is 0 Å². The highest BCUT2D eigenvalue weighted by molar-refractivity contribution is 5.87. The van der Waals surface area contributed by atoms with Gasteiger partial charge in [0.2, 0.25) is 0 Å². The van der Waals surface area contributed by atoms with E-state index in [1.54, 1.807) is 0 Å². The number of hydrogen-bond donors (Lipinski definition) is 1. The maximum Gasteiger partial charge on any atom is 0.142 e. The molecule has 0 unspecified atom stereocenters. The number of benzene rings is 1. The van der Waals surface area contributed by atoms with E-state index >= 15 is 0 Å². The molecule has 0 aliphatic heterocycles. The Bertz CT molecular complexity index is 394. The van der Waals surface area contributed by atoms with Crippen LogP contribution in [0.25, 0.3) is 0 Å². The summed E-state index contributed by atoms with van der Waals surface area (Å²) in [4.78, 5) is 12.3. The van der Waals surface area contributed by atoms with Crippen molar-refractivity contribution < 1.29 is 9.90 Å². The van der Waals surface area contributed by atoms with Gasteiger partial charge in [0.15, 0.2) is 0 Å². The molecule has 2 heteroatoms. The number of aliphatic hydroxyl groups excluding tert-OH is 1. The second-order valence-electron chi connectivity index (χ2n) is 5.64. The van der Waals surface area contributed by atoms with E-state index < -0.39 is 0 Å². The Labute approximate surface area is 110 Å². The molecule has 2 nitrogen and oxygen atoms in total. The first-order chi connectivity index (χ1) is 8.45. The van der Waals surface area contributed by atoms with E-state index in [0.717, 1.165) is 17.5 Å². The van der Waals surface area contributed by atoms with Gasteiger partial charge in [0.05, 0.1) is 6.61 Å². The fraction of sp³-hybridized carbons (Fsp3) is 0.562.